The van der Waals surface area contributed by atoms with E-state index in [2.05, 4.69) is 24.9 Å². The van der Waals surface area contributed by atoms with Gasteiger partial charge in [-0.1, -0.05) is 19.4 Å². The minimum absolute atomic E-state index is 0.209. The first-order valence-electron chi connectivity index (χ1n) is 5.68. The van der Waals surface area contributed by atoms with Crippen molar-refractivity contribution in [3.63, 3.8) is 0 Å². The van der Waals surface area contributed by atoms with Crippen molar-refractivity contribution in [2.24, 2.45) is 4.99 Å². The molecule has 0 aromatic rings. The normalized spacial score (nSPS) is 21.9. The van der Waals surface area contributed by atoms with Gasteiger partial charge < -0.3 is 4.74 Å². The van der Waals surface area contributed by atoms with E-state index in [4.69, 9.17) is 4.74 Å². The van der Waals surface area contributed by atoms with E-state index in [1.165, 1.54) is 12.8 Å². The Hall–Kier alpha value is -0.280. The lowest BCUT2D eigenvalue weighted by molar-refractivity contribution is 0.152. The molecule has 15 heavy (non-hydrogen) atoms. The number of hydrogen-bond donors (Lipinski definition) is 0. The van der Waals surface area contributed by atoms with Gasteiger partial charge in [-0.05, 0) is 31.9 Å². The summed E-state index contributed by atoms with van der Waals surface area (Å²) in [5.74, 6) is 1.16. The molecule has 86 valence electrons. The van der Waals surface area contributed by atoms with Crippen molar-refractivity contribution in [3.8, 4) is 0 Å². The Morgan fingerprint density at radius 2 is 2.40 bits per heavy atom. The van der Waals surface area contributed by atoms with Gasteiger partial charge >= 0.3 is 0 Å². The van der Waals surface area contributed by atoms with Crippen LogP contribution in [-0.4, -0.2) is 24.0 Å². The van der Waals surface area contributed by atoms with Crippen LogP contribution in [0.2, 0.25) is 0 Å². The number of aliphatic imine (C=N–C) groups is 1. The van der Waals surface area contributed by atoms with Gasteiger partial charge in [-0.25, -0.2) is 4.99 Å². The van der Waals surface area contributed by atoms with E-state index >= 15 is 0 Å². The highest BCUT2D eigenvalue weighted by molar-refractivity contribution is 8.14. The smallest absolute Gasteiger partial charge is 0.105 e. The fourth-order valence-corrected chi connectivity index (χ4v) is 2.77. The van der Waals surface area contributed by atoms with Gasteiger partial charge in [-0.3, -0.25) is 0 Å². The SMILES string of the molecule is CCCCSC1=NC(C)=CCCC1OC. The maximum atomic E-state index is 5.48. The maximum absolute atomic E-state index is 5.48. The van der Waals surface area contributed by atoms with Crippen molar-refractivity contribution >= 4 is 16.8 Å². The molecule has 1 heterocycles. The van der Waals surface area contributed by atoms with E-state index in [1.807, 2.05) is 11.8 Å². The number of hydrogen-bond acceptors (Lipinski definition) is 3. The van der Waals surface area contributed by atoms with Gasteiger partial charge in [0.05, 0.1) is 0 Å². The molecule has 3 heteroatoms. The zero-order valence-electron chi connectivity index (χ0n) is 9.95. The number of allylic oxidation sites excluding steroid dienone is 2. The number of methoxy groups -OCH3 is 1. The summed E-state index contributed by atoms with van der Waals surface area (Å²) >= 11 is 1.86. The maximum Gasteiger partial charge on any atom is 0.105 e. The van der Waals surface area contributed by atoms with Gasteiger partial charge in [0.25, 0.3) is 0 Å². The Balaban J connectivity index is 2.57. The highest BCUT2D eigenvalue weighted by Crippen LogP contribution is 2.21. The predicted molar refractivity (Wildman–Crippen MR) is 68.6 cm³/mol. The lowest BCUT2D eigenvalue weighted by Gasteiger charge is -2.15. The summed E-state index contributed by atoms with van der Waals surface area (Å²) in [7, 11) is 1.78. The van der Waals surface area contributed by atoms with E-state index < -0.39 is 0 Å². The molecule has 1 unspecified atom stereocenters. The number of thioether (sulfide) groups is 1. The van der Waals surface area contributed by atoms with Crippen molar-refractivity contribution in [1.82, 2.24) is 0 Å². The molecule has 1 aliphatic rings. The summed E-state index contributed by atoms with van der Waals surface area (Å²) < 4.78 is 5.48. The molecule has 0 bridgehead atoms. The van der Waals surface area contributed by atoms with Crippen LogP contribution in [-0.2, 0) is 4.74 Å². The van der Waals surface area contributed by atoms with Crippen molar-refractivity contribution in [2.45, 2.75) is 45.6 Å². The number of ether oxygens (including phenoxy) is 1. The van der Waals surface area contributed by atoms with Crippen molar-refractivity contribution in [3.05, 3.63) is 11.8 Å². The van der Waals surface area contributed by atoms with Crippen LogP contribution in [0, 0.1) is 0 Å². The molecule has 0 N–H and O–H groups in total. The van der Waals surface area contributed by atoms with Crippen LogP contribution in [0.1, 0.15) is 39.5 Å². The van der Waals surface area contributed by atoms with Crippen molar-refractivity contribution in [2.75, 3.05) is 12.9 Å². The second-order valence-corrected chi connectivity index (χ2v) is 4.91. The molecule has 1 atom stereocenters. The molecular formula is C12H21NOS. The first kappa shape index (κ1) is 12.8. The number of nitrogens with zero attached hydrogens (tertiary/aromatic N) is 1. The van der Waals surface area contributed by atoms with Gasteiger partial charge in [-0.2, -0.15) is 0 Å². The predicted octanol–water partition coefficient (Wildman–Crippen LogP) is 3.63. The summed E-state index contributed by atoms with van der Waals surface area (Å²) in [6, 6.07) is 0. The molecule has 1 aliphatic heterocycles. The molecule has 0 spiro atoms. The highest BCUT2D eigenvalue weighted by atomic mass is 32.2. The Kier molecular flexibility index (Phi) is 6.03. The lowest BCUT2D eigenvalue weighted by Crippen LogP contribution is -2.19. The Morgan fingerprint density at radius 1 is 1.60 bits per heavy atom. The van der Waals surface area contributed by atoms with Crippen LogP contribution < -0.4 is 0 Å². The fourth-order valence-electron chi connectivity index (χ4n) is 1.52. The minimum Gasteiger partial charge on any atom is -0.375 e. The lowest BCUT2D eigenvalue weighted by atomic mass is 10.2. The van der Waals surface area contributed by atoms with Crippen LogP contribution in [0.4, 0.5) is 0 Å². The monoisotopic (exact) mass is 227 g/mol. The summed E-state index contributed by atoms with van der Waals surface area (Å²) in [4.78, 5) is 4.62. The van der Waals surface area contributed by atoms with Crippen molar-refractivity contribution in [1.29, 1.82) is 0 Å². The fraction of sp³-hybridized carbons (Fsp3) is 0.750. The molecule has 0 saturated heterocycles. The molecular weight excluding hydrogens is 206 g/mol. The highest BCUT2D eigenvalue weighted by Gasteiger charge is 2.17. The van der Waals surface area contributed by atoms with Gasteiger partial charge in [0, 0.05) is 12.8 Å². The van der Waals surface area contributed by atoms with Crippen LogP contribution in [0.15, 0.2) is 16.8 Å². The average Bonchev–Trinajstić information content (AvgIpc) is 2.40. The molecule has 1 rings (SSSR count). The summed E-state index contributed by atoms with van der Waals surface area (Å²) in [5, 5.41) is 1.16. The van der Waals surface area contributed by atoms with Crippen LogP contribution in [0.3, 0.4) is 0 Å². The van der Waals surface area contributed by atoms with Crippen LogP contribution in [0.25, 0.3) is 0 Å². The second-order valence-electron chi connectivity index (χ2n) is 3.80. The topological polar surface area (TPSA) is 21.6 Å². The molecule has 0 saturated carbocycles. The minimum atomic E-state index is 0.209. The zero-order valence-corrected chi connectivity index (χ0v) is 10.8. The van der Waals surface area contributed by atoms with Crippen molar-refractivity contribution < 1.29 is 4.74 Å². The third-order valence-corrected chi connectivity index (χ3v) is 3.61. The molecule has 0 radical (unpaired) electrons. The van der Waals surface area contributed by atoms with Crippen LogP contribution in [0.5, 0.6) is 0 Å². The van der Waals surface area contributed by atoms with Crippen LogP contribution >= 0.6 is 11.8 Å². The van der Waals surface area contributed by atoms with E-state index in [0.29, 0.717) is 0 Å². The first-order chi connectivity index (χ1) is 7.27. The van der Waals surface area contributed by atoms with Gasteiger partial charge in [0.2, 0.25) is 0 Å². The Labute approximate surface area is 97.2 Å². The number of unbranched alkanes of at least 4 members (excludes halogenated alkanes) is 1. The second kappa shape index (κ2) is 7.07. The third-order valence-electron chi connectivity index (χ3n) is 2.46. The molecule has 0 aliphatic carbocycles. The van der Waals surface area contributed by atoms with Gasteiger partial charge in [-0.15, -0.1) is 11.8 Å². The van der Waals surface area contributed by atoms with Gasteiger partial charge in [0.15, 0.2) is 0 Å². The molecule has 0 amide bonds. The molecule has 0 aromatic carbocycles. The standard InChI is InChI=1S/C12H21NOS/c1-4-5-9-15-12-11(14-3)8-6-7-10(2)13-12/h7,11H,4-6,8-9H2,1-3H3. The zero-order chi connectivity index (χ0) is 11.1. The molecule has 0 aromatic heterocycles. The molecule has 0 fully saturated rings. The van der Waals surface area contributed by atoms with E-state index in [9.17, 15) is 0 Å². The van der Waals surface area contributed by atoms with E-state index in [1.54, 1.807) is 7.11 Å². The summed E-state index contributed by atoms with van der Waals surface area (Å²) in [6.45, 7) is 4.28. The molecule has 2 nitrogen and oxygen atoms in total. The largest absolute Gasteiger partial charge is 0.375 e. The Bertz CT molecular complexity index is 248. The first-order valence-corrected chi connectivity index (χ1v) is 6.67. The van der Waals surface area contributed by atoms with Gasteiger partial charge in [0.1, 0.15) is 11.1 Å². The van der Waals surface area contributed by atoms with E-state index in [-0.39, 0.29) is 6.10 Å². The third kappa shape index (κ3) is 4.39. The average molecular weight is 227 g/mol. The van der Waals surface area contributed by atoms with E-state index in [0.717, 1.165) is 29.3 Å². The summed E-state index contributed by atoms with van der Waals surface area (Å²) in [6.07, 6.45) is 7.03. The number of rotatable bonds is 4. The Morgan fingerprint density at radius 3 is 3.07 bits per heavy atom. The quantitative estimate of drug-likeness (QED) is 0.684. The summed E-state index contributed by atoms with van der Waals surface area (Å²) in [5.41, 5.74) is 1.13.